The SMILES string of the molecule is CCC(C)c1cc(C=O)sc1C(=O)O. The Bertz CT molecular complexity index is 354. The van der Waals surface area contributed by atoms with Crippen molar-refractivity contribution >= 4 is 23.6 Å². The largest absolute Gasteiger partial charge is 0.477 e. The van der Waals surface area contributed by atoms with Gasteiger partial charge in [0.1, 0.15) is 4.88 Å². The molecule has 0 aliphatic heterocycles. The van der Waals surface area contributed by atoms with Gasteiger partial charge in [-0.1, -0.05) is 13.8 Å². The number of carbonyl (C=O) groups excluding carboxylic acids is 1. The van der Waals surface area contributed by atoms with Gasteiger partial charge in [0.15, 0.2) is 6.29 Å². The van der Waals surface area contributed by atoms with E-state index < -0.39 is 5.97 Å². The van der Waals surface area contributed by atoms with Crippen molar-refractivity contribution in [2.45, 2.75) is 26.2 Å². The standard InChI is InChI=1S/C10H12O3S/c1-3-6(2)8-4-7(5-11)14-9(8)10(12)13/h4-6H,3H2,1-2H3,(H,12,13). The van der Waals surface area contributed by atoms with Gasteiger partial charge in [-0.3, -0.25) is 4.79 Å². The van der Waals surface area contributed by atoms with Gasteiger partial charge in [-0.2, -0.15) is 0 Å². The summed E-state index contributed by atoms with van der Waals surface area (Å²) in [6, 6.07) is 1.68. The van der Waals surface area contributed by atoms with Gasteiger partial charge in [0.2, 0.25) is 0 Å². The molecule has 1 N–H and O–H groups in total. The van der Waals surface area contributed by atoms with E-state index in [0.29, 0.717) is 16.0 Å². The van der Waals surface area contributed by atoms with Crippen LogP contribution in [0.25, 0.3) is 0 Å². The summed E-state index contributed by atoms with van der Waals surface area (Å²) in [5.41, 5.74) is 0.770. The maximum Gasteiger partial charge on any atom is 0.346 e. The molecule has 0 amide bonds. The fourth-order valence-corrected chi connectivity index (χ4v) is 2.17. The molecule has 0 aliphatic rings. The lowest BCUT2D eigenvalue weighted by Gasteiger charge is -2.06. The van der Waals surface area contributed by atoms with E-state index in [1.807, 2.05) is 13.8 Å². The van der Waals surface area contributed by atoms with E-state index in [0.717, 1.165) is 23.3 Å². The maximum absolute atomic E-state index is 10.9. The van der Waals surface area contributed by atoms with Crippen LogP contribution in [0.15, 0.2) is 6.07 Å². The number of carbonyl (C=O) groups is 2. The predicted octanol–water partition coefficient (Wildman–Crippen LogP) is 2.77. The molecule has 14 heavy (non-hydrogen) atoms. The highest BCUT2D eigenvalue weighted by Gasteiger charge is 2.18. The number of hydrogen-bond acceptors (Lipinski definition) is 3. The van der Waals surface area contributed by atoms with Crippen molar-refractivity contribution in [3.05, 3.63) is 21.4 Å². The van der Waals surface area contributed by atoms with Crippen LogP contribution in [-0.2, 0) is 0 Å². The first-order valence-electron chi connectivity index (χ1n) is 4.42. The van der Waals surface area contributed by atoms with Gasteiger partial charge in [0.05, 0.1) is 4.88 Å². The molecule has 0 bridgehead atoms. The van der Waals surface area contributed by atoms with E-state index in [4.69, 9.17) is 5.11 Å². The van der Waals surface area contributed by atoms with Gasteiger partial charge in [-0.15, -0.1) is 11.3 Å². The third kappa shape index (κ3) is 2.01. The monoisotopic (exact) mass is 212 g/mol. The number of aromatic carboxylic acids is 1. The highest BCUT2D eigenvalue weighted by atomic mass is 32.1. The first kappa shape index (κ1) is 10.9. The average molecular weight is 212 g/mol. The fourth-order valence-electron chi connectivity index (χ4n) is 1.24. The first-order valence-corrected chi connectivity index (χ1v) is 5.24. The molecule has 0 aliphatic carbocycles. The predicted molar refractivity (Wildman–Crippen MR) is 55.4 cm³/mol. The van der Waals surface area contributed by atoms with Crippen molar-refractivity contribution in [3.63, 3.8) is 0 Å². The molecule has 1 aromatic heterocycles. The van der Waals surface area contributed by atoms with Crippen molar-refractivity contribution in [1.29, 1.82) is 0 Å². The summed E-state index contributed by atoms with van der Waals surface area (Å²) >= 11 is 1.04. The molecule has 1 heterocycles. The summed E-state index contributed by atoms with van der Waals surface area (Å²) in [7, 11) is 0. The van der Waals surface area contributed by atoms with Crippen molar-refractivity contribution in [3.8, 4) is 0 Å². The van der Waals surface area contributed by atoms with Crippen molar-refractivity contribution in [1.82, 2.24) is 0 Å². The molecule has 4 heteroatoms. The molecular formula is C10H12O3S. The van der Waals surface area contributed by atoms with Crippen LogP contribution < -0.4 is 0 Å². The second kappa shape index (κ2) is 4.37. The van der Waals surface area contributed by atoms with Crippen molar-refractivity contribution in [2.24, 2.45) is 0 Å². The number of carboxylic acids is 1. The van der Waals surface area contributed by atoms with Crippen LogP contribution in [0.4, 0.5) is 0 Å². The van der Waals surface area contributed by atoms with Crippen LogP contribution >= 0.6 is 11.3 Å². The molecule has 0 spiro atoms. The van der Waals surface area contributed by atoms with Crippen LogP contribution in [0.5, 0.6) is 0 Å². The molecule has 0 aromatic carbocycles. The summed E-state index contributed by atoms with van der Waals surface area (Å²) in [5.74, 6) is -0.760. The topological polar surface area (TPSA) is 54.4 Å². The van der Waals surface area contributed by atoms with Crippen molar-refractivity contribution in [2.75, 3.05) is 0 Å². The fraction of sp³-hybridized carbons (Fsp3) is 0.400. The number of rotatable bonds is 4. The Balaban J connectivity index is 3.18. The smallest absolute Gasteiger partial charge is 0.346 e. The summed E-state index contributed by atoms with van der Waals surface area (Å²) in [4.78, 5) is 22.2. The van der Waals surface area contributed by atoms with Gasteiger partial charge >= 0.3 is 5.97 Å². The zero-order chi connectivity index (χ0) is 10.7. The second-order valence-electron chi connectivity index (χ2n) is 3.17. The third-order valence-corrected chi connectivity index (χ3v) is 3.30. The minimum Gasteiger partial charge on any atom is -0.477 e. The average Bonchev–Trinajstić information content (AvgIpc) is 2.60. The minimum atomic E-state index is -0.946. The van der Waals surface area contributed by atoms with Crippen LogP contribution in [0, 0.1) is 0 Å². The minimum absolute atomic E-state index is 0.186. The highest BCUT2D eigenvalue weighted by molar-refractivity contribution is 7.15. The first-order chi connectivity index (χ1) is 6.60. The highest BCUT2D eigenvalue weighted by Crippen LogP contribution is 2.29. The Morgan fingerprint density at radius 2 is 2.36 bits per heavy atom. The zero-order valence-electron chi connectivity index (χ0n) is 8.11. The van der Waals surface area contributed by atoms with Crippen LogP contribution in [0.1, 0.15) is 51.1 Å². The number of hydrogen-bond donors (Lipinski definition) is 1. The van der Waals surface area contributed by atoms with Crippen LogP contribution in [0.3, 0.4) is 0 Å². The van der Waals surface area contributed by atoms with E-state index in [1.54, 1.807) is 6.07 Å². The van der Waals surface area contributed by atoms with Crippen molar-refractivity contribution < 1.29 is 14.7 Å². The molecule has 3 nitrogen and oxygen atoms in total. The van der Waals surface area contributed by atoms with E-state index >= 15 is 0 Å². The maximum atomic E-state index is 10.9. The molecule has 0 saturated carbocycles. The third-order valence-electron chi connectivity index (χ3n) is 2.23. The zero-order valence-corrected chi connectivity index (χ0v) is 8.93. The van der Waals surface area contributed by atoms with Crippen LogP contribution in [-0.4, -0.2) is 17.4 Å². The summed E-state index contributed by atoms with van der Waals surface area (Å²) in [5, 5.41) is 8.91. The van der Waals surface area contributed by atoms with Gasteiger partial charge in [0.25, 0.3) is 0 Å². The van der Waals surface area contributed by atoms with Gasteiger partial charge in [-0.05, 0) is 24.0 Å². The number of thiophene rings is 1. The Kier molecular flexibility index (Phi) is 3.41. The van der Waals surface area contributed by atoms with E-state index in [1.165, 1.54) is 0 Å². The Morgan fingerprint density at radius 1 is 1.71 bits per heavy atom. The molecule has 0 fully saturated rings. The van der Waals surface area contributed by atoms with Gasteiger partial charge in [0, 0.05) is 0 Å². The van der Waals surface area contributed by atoms with E-state index in [-0.39, 0.29) is 5.92 Å². The number of carboxylic acid groups (broad SMARTS) is 1. The molecule has 0 saturated heterocycles. The van der Waals surface area contributed by atoms with Gasteiger partial charge in [-0.25, -0.2) is 4.79 Å². The second-order valence-corrected chi connectivity index (χ2v) is 4.25. The molecule has 1 rings (SSSR count). The van der Waals surface area contributed by atoms with Gasteiger partial charge < -0.3 is 5.11 Å². The lowest BCUT2D eigenvalue weighted by Crippen LogP contribution is -2.00. The van der Waals surface area contributed by atoms with E-state index in [2.05, 4.69) is 0 Å². The summed E-state index contributed by atoms with van der Waals surface area (Å²) in [6.07, 6.45) is 1.57. The van der Waals surface area contributed by atoms with E-state index in [9.17, 15) is 9.59 Å². The molecule has 1 aromatic rings. The lowest BCUT2D eigenvalue weighted by atomic mass is 9.99. The Hall–Kier alpha value is -1.16. The summed E-state index contributed by atoms with van der Waals surface area (Å²) in [6.45, 7) is 3.96. The molecule has 1 unspecified atom stereocenters. The Labute approximate surface area is 86.4 Å². The molecule has 0 radical (unpaired) electrons. The quantitative estimate of drug-likeness (QED) is 0.781. The molecule has 1 atom stereocenters. The summed E-state index contributed by atoms with van der Waals surface area (Å²) < 4.78 is 0. The lowest BCUT2D eigenvalue weighted by molar-refractivity contribution is 0.0700. The molecule has 76 valence electrons. The normalized spacial score (nSPS) is 12.4. The van der Waals surface area contributed by atoms with Crippen LogP contribution in [0.2, 0.25) is 0 Å². The Morgan fingerprint density at radius 3 is 2.79 bits per heavy atom. The number of aldehydes is 1. The molecular weight excluding hydrogens is 200 g/mol.